The molecule has 2 aromatic heterocycles. The van der Waals surface area contributed by atoms with Crippen molar-refractivity contribution < 1.29 is 4.74 Å². The molecule has 0 bridgehead atoms. The fourth-order valence-electron chi connectivity index (χ4n) is 3.59. The predicted octanol–water partition coefficient (Wildman–Crippen LogP) is 2.42. The van der Waals surface area contributed by atoms with E-state index in [1.165, 1.54) is 18.5 Å². The van der Waals surface area contributed by atoms with Crippen molar-refractivity contribution in [1.82, 2.24) is 29.9 Å². The molecule has 2 fully saturated rings. The molecule has 3 heterocycles. The van der Waals surface area contributed by atoms with Crippen LogP contribution in [0.15, 0.2) is 12.3 Å². The number of likely N-dealkylation sites (tertiary alicyclic amines) is 1. The molecule has 1 saturated heterocycles. The number of nitrogens with zero attached hydrogens (tertiary/aromatic N) is 5. The first-order valence-corrected chi connectivity index (χ1v) is 8.87. The lowest BCUT2D eigenvalue weighted by molar-refractivity contribution is 0.107. The van der Waals surface area contributed by atoms with Gasteiger partial charge in [-0.3, -0.25) is 14.7 Å². The second-order valence-corrected chi connectivity index (χ2v) is 7.25. The first-order chi connectivity index (χ1) is 11.7. The van der Waals surface area contributed by atoms with Crippen LogP contribution in [0.25, 0.3) is 0 Å². The third-order valence-electron chi connectivity index (χ3n) is 5.08. The number of methoxy groups -OCH3 is 1. The molecule has 1 aliphatic carbocycles. The van der Waals surface area contributed by atoms with Crippen molar-refractivity contribution in [3.63, 3.8) is 0 Å². The van der Waals surface area contributed by atoms with Gasteiger partial charge in [0.1, 0.15) is 5.82 Å². The average Bonchev–Trinajstić information content (AvgIpc) is 3.01. The summed E-state index contributed by atoms with van der Waals surface area (Å²) < 4.78 is 7.72. The van der Waals surface area contributed by atoms with E-state index in [2.05, 4.69) is 44.8 Å². The molecule has 130 valence electrons. The number of aromatic amines is 1. The van der Waals surface area contributed by atoms with Crippen LogP contribution in [0.3, 0.4) is 0 Å². The SMILES string of the molecule is CO[C@@H]1C[C@@H](c2nc(C3CC3)n[nH]2)N(Cc2ccnn2C(C)C)C1. The van der Waals surface area contributed by atoms with Crippen LogP contribution in [-0.4, -0.2) is 49.6 Å². The lowest BCUT2D eigenvalue weighted by Crippen LogP contribution is -2.27. The van der Waals surface area contributed by atoms with Gasteiger partial charge in [0.15, 0.2) is 5.82 Å². The molecule has 4 rings (SSSR count). The molecule has 2 aromatic rings. The van der Waals surface area contributed by atoms with Gasteiger partial charge in [-0.05, 0) is 39.2 Å². The van der Waals surface area contributed by atoms with E-state index in [-0.39, 0.29) is 12.1 Å². The summed E-state index contributed by atoms with van der Waals surface area (Å²) in [5.41, 5.74) is 1.23. The third-order valence-corrected chi connectivity index (χ3v) is 5.08. The summed E-state index contributed by atoms with van der Waals surface area (Å²) in [6.45, 7) is 6.08. The van der Waals surface area contributed by atoms with E-state index in [1.807, 2.05) is 6.20 Å². The fraction of sp³-hybridized carbons (Fsp3) is 0.706. The van der Waals surface area contributed by atoms with Gasteiger partial charge >= 0.3 is 0 Å². The van der Waals surface area contributed by atoms with Gasteiger partial charge in [-0.2, -0.15) is 10.2 Å². The van der Waals surface area contributed by atoms with Gasteiger partial charge in [-0.1, -0.05) is 0 Å². The van der Waals surface area contributed by atoms with Crippen molar-refractivity contribution in [2.45, 2.75) is 63.8 Å². The van der Waals surface area contributed by atoms with Crippen LogP contribution in [0, 0.1) is 0 Å². The zero-order valence-corrected chi connectivity index (χ0v) is 14.6. The molecule has 1 N–H and O–H groups in total. The topological polar surface area (TPSA) is 71.9 Å². The Bertz CT molecular complexity index is 689. The molecule has 1 aliphatic heterocycles. The van der Waals surface area contributed by atoms with E-state index in [1.54, 1.807) is 7.11 Å². The Balaban J connectivity index is 1.55. The van der Waals surface area contributed by atoms with Crippen molar-refractivity contribution in [1.29, 1.82) is 0 Å². The smallest absolute Gasteiger partial charge is 0.153 e. The Morgan fingerprint density at radius 2 is 2.21 bits per heavy atom. The van der Waals surface area contributed by atoms with Gasteiger partial charge in [-0.15, -0.1) is 0 Å². The van der Waals surface area contributed by atoms with E-state index < -0.39 is 0 Å². The minimum absolute atomic E-state index is 0.227. The Morgan fingerprint density at radius 3 is 2.92 bits per heavy atom. The fourth-order valence-corrected chi connectivity index (χ4v) is 3.59. The summed E-state index contributed by atoms with van der Waals surface area (Å²) in [5, 5.41) is 12.1. The number of H-pyrrole nitrogens is 1. The molecule has 2 atom stereocenters. The largest absolute Gasteiger partial charge is 0.380 e. The first kappa shape index (κ1) is 15.8. The Morgan fingerprint density at radius 1 is 1.38 bits per heavy atom. The molecule has 2 aliphatic rings. The Hall–Kier alpha value is -1.73. The van der Waals surface area contributed by atoms with Gasteiger partial charge < -0.3 is 4.74 Å². The molecule has 7 nitrogen and oxygen atoms in total. The second-order valence-electron chi connectivity index (χ2n) is 7.25. The van der Waals surface area contributed by atoms with Crippen LogP contribution in [0.1, 0.15) is 68.5 Å². The van der Waals surface area contributed by atoms with E-state index in [4.69, 9.17) is 9.72 Å². The highest BCUT2D eigenvalue weighted by Crippen LogP contribution is 2.39. The number of aromatic nitrogens is 5. The van der Waals surface area contributed by atoms with Crippen molar-refractivity contribution >= 4 is 0 Å². The normalized spacial score (nSPS) is 25.0. The van der Waals surface area contributed by atoms with Crippen LogP contribution in [-0.2, 0) is 11.3 Å². The highest BCUT2D eigenvalue weighted by molar-refractivity contribution is 5.10. The van der Waals surface area contributed by atoms with Gasteiger partial charge in [0, 0.05) is 38.4 Å². The third kappa shape index (κ3) is 2.98. The summed E-state index contributed by atoms with van der Waals surface area (Å²) in [5.74, 6) is 2.54. The monoisotopic (exact) mass is 330 g/mol. The Labute approximate surface area is 142 Å². The maximum absolute atomic E-state index is 5.63. The molecule has 0 aromatic carbocycles. The highest BCUT2D eigenvalue weighted by atomic mass is 16.5. The van der Waals surface area contributed by atoms with E-state index in [9.17, 15) is 0 Å². The number of hydrogen-bond acceptors (Lipinski definition) is 5. The summed E-state index contributed by atoms with van der Waals surface area (Å²) in [4.78, 5) is 7.21. The minimum Gasteiger partial charge on any atom is -0.380 e. The van der Waals surface area contributed by atoms with Gasteiger partial charge in [0.2, 0.25) is 0 Å². The minimum atomic E-state index is 0.227. The molecular formula is C17H26N6O. The van der Waals surface area contributed by atoms with Crippen molar-refractivity contribution in [3.8, 4) is 0 Å². The number of hydrogen-bond donors (Lipinski definition) is 1. The molecular weight excluding hydrogens is 304 g/mol. The van der Waals surface area contributed by atoms with E-state index in [0.29, 0.717) is 12.0 Å². The zero-order valence-electron chi connectivity index (χ0n) is 14.6. The maximum Gasteiger partial charge on any atom is 0.153 e. The number of ether oxygens (including phenoxy) is 1. The van der Waals surface area contributed by atoms with Crippen LogP contribution in [0.4, 0.5) is 0 Å². The molecule has 0 amide bonds. The van der Waals surface area contributed by atoms with Crippen molar-refractivity contribution in [2.24, 2.45) is 0 Å². The standard InChI is InChI=1S/C17H26N6O/c1-11(2)23-13(6-7-18-23)9-22-10-14(24-3)8-15(22)17-19-16(20-21-17)12-4-5-12/h6-7,11-12,14-15H,4-5,8-10H2,1-3H3,(H,19,20,21)/t14-,15+/m1/s1. The molecule has 1 saturated carbocycles. The quantitative estimate of drug-likeness (QED) is 0.881. The average molecular weight is 330 g/mol. The number of rotatable bonds is 6. The lowest BCUT2D eigenvalue weighted by Gasteiger charge is -2.23. The van der Waals surface area contributed by atoms with Crippen LogP contribution >= 0.6 is 0 Å². The van der Waals surface area contributed by atoms with E-state index in [0.717, 1.165) is 31.2 Å². The zero-order chi connectivity index (χ0) is 16.7. The summed E-state index contributed by atoms with van der Waals surface area (Å²) in [6.07, 6.45) is 5.51. The molecule has 0 unspecified atom stereocenters. The lowest BCUT2D eigenvalue weighted by atomic mass is 10.2. The van der Waals surface area contributed by atoms with Crippen molar-refractivity contribution in [3.05, 3.63) is 29.6 Å². The summed E-state index contributed by atoms with van der Waals surface area (Å²) in [7, 11) is 1.79. The maximum atomic E-state index is 5.63. The van der Waals surface area contributed by atoms with Crippen LogP contribution < -0.4 is 0 Å². The highest BCUT2D eigenvalue weighted by Gasteiger charge is 2.37. The predicted molar refractivity (Wildman–Crippen MR) is 89.5 cm³/mol. The first-order valence-electron chi connectivity index (χ1n) is 8.87. The molecule has 0 radical (unpaired) electrons. The van der Waals surface area contributed by atoms with Crippen LogP contribution in [0.5, 0.6) is 0 Å². The molecule has 7 heteroatoms. The van der Waals surface area contributed by atoms with Crippen LogP contribution in [0.2, 0.25) is 0 Å². The van der Waals surface area contributed by atoms with Gasteiger partial charge in [0.05, 0.1) is 17.8 Å². The summed E-state index contributed by atoms with van der Waals surface area (Å²) >= 11 is 0. The molecule has 0 spiro atoms. The Kier molecular flexibility index (Phi) is 4.14. The second kappa shape index (κ2) is 6.29. The van der Waals surface area contributed by atoms with Crippen molar-refractivity contribution in [2.75, 3.05) is 13.7 Å². The van der Waals surface area contributed by atoms with Gasteiger partial charge in [0.25, 0.3) is 0 Å². The van der Waals surface area contributed by atoms with Gasteiger partial charge in [-0.25, -0.2) is 4.98 Å². The number of nitrogens with one attached hydrogen (secondary N) is 1. The summed E-state index contributed by atoms with van der Waals surface area (Å²) in [6, 6.07) is 2.69. The molecule has 24 heavy (non-hydrogen) atoms. The van der Waals surface area contributed by atoms with E-state index >= 15 is 0 Å².